The van der Waals surface area contributed by atoms with Crippen LogP contribution >= 0.6 is 11.8 Å². The van der Waals surface area contributed by atoms with E-state index >= 15 is 0 Å². The number of allylic oxidation sites excluding steroid dienone is 5. The van der Waals surface area contributed by atoms with Crippen molar-refractivity contribution < 1.29 is 19.1 Å². The van der Waals surface area contributed by atoms with E-state index in [0.717, 1.165) is 21.2 Å². The molecule has 25 heavy (non-hydrogen) atoms. The summed E-state index contributed by atoms with van der Waals surface area (Å²) in [5, 5.41) is 10.4. The van der Waals surface area contributed by atoms with Crippen molar-refractivity contribution in [2.75, 3.05) is 6.61 Å². The van der Waals surface area contributed by atoms with Gasteiger partial charge in [0.25, 0.3) is 0 Å². The molecule has 1 amide bonds. The molecule has 0 saturated heterocycles. The molecule has 1 aromatic rings. The third-order valence-electron chi connectivity index (χ3n) is 4.19. The second-order valence-electron chi connectivity index (χ2n) is 6.20. The number of benzene rings is 1. The van der Waals surface area contributed by atoms with Gasteiger partial charge in [-0.15, -0.1) is 4.48 Å². The van der Waals surface area contributed by atoms with Gasteiger partial charge in [-0.1, -0.05) is 19.9 Å². The largest absolute Gasteiger partial charge is 0.531 e. The Hall–Kier alpha value is -2.24. The van der Waals surface area contributed by atoms with E-state index in [1.165, 1.54) is 11.8 Å². The lowest BCUT2D eigenvalue weighted by Gasteiger charge is -2.30. The van der Waals surface area contributed by atoms with E-state index in [2.05, 4.69) is 19.9 Å². The van der Waals surface area contributed by atoms with Gasteiger partial charge < -0.3 is 9.84 Å². The molecule has 1 unspecified atom stereocenters. The van der Waals surface area contributed by atoms with E-state index in [4.69, 9.17) is 4.74 Å². The number of phenolic OH excluding ortho intramolecular Hbond substituents is 1. The quantitative estimate of drug-likeness (QED) is 0.743. The predicted octanol–water partition coefficient (Wildman–Crippen LogP) is 5.31. The lowest BCUT2D eigenvalue weighted by atomic mass is 10.1. The molecule has 0 spiro atoms. The normalized spacial score (nSPS) is 21.5. The Morgan fingerprint density at radius 3 is 2.60 bits per heavy atom. The maximum atomic E-state index is 13.0. The fourth-order valence-corrected chi connectivity index (χ4v) is 4.23. The molecular weight excluding hydrogens is 334 g/mol. The zero-order valence-electron chi connectivity index (χ0n) is 14.6. The summed E-state index contributed by atoms with van der Waals surface area (Å²) >= 11 is 1.54. The van der Waals surface area contributed by atoms with E-state index in [1.807, 2.05) is 43.5 Å². The Morgan fingerprint density at radius 1 is 1.24 bits per heavy atom. The number of phenols is 1. The number of ether oxygens (including phenoxy) is 1. The maximum Gasteiger partial charge on any atom is 0.531 e. The summed E-state index contributed by atoms with van der Waals surface area (Å²) < 4.78 is 5.38. The number of carbonyl (C=O) groups is 1. The van der Waals surface area contributed by atoms with Crippen molar-refractivity contribution in [3.05, 3.63) is 71.1 Å². The standard InChI is InChI=1S/C20H21NO3S/c1-4-24-20(23)21-12-6-5-7-15(21)13-18(14(2)3)19(21)25-17-10-8-16(22)9-11-17/h5-14H,4H2,1-3H3/p+1. The van der Waals surface area contributed by atoms with E-state index in [1.54, 1.807) is 12.1 Å². The molecule has 2 aliphatic heterocycles. The van der Waals surface area contributed by atoms with Crippen molar-refractivity contribution in [1.29, 1.82) is 0 Å². The summed E-state index contributed by atoms with van der Waals surface area (Å²) in [6.07, 6.45) is 9.45. The number of hydrogen-bond donors (Lipinski definition) is 1. The van der Waals surface area contributed by atoms with Gasteiger partial charge in [-0.05, 0) is 54.9 Å². The Bertz CT molecular complexity index is 803. The third-order valence-corrected chi connectivity index (χ3v) is 5.42. The molecule has 1 atom stereocenters. The number of carbonyl (C=O) groups excluding carboxylic acids is 1. The zero-order chi connectivity index (χ0) is 18.0. The number of rotatable bonds is 4. The Morgan fingerprint density at radius 2 is 1.96 bits per heavy atom. The summed E-state index contributed by atoms with van der Waals surface area (Å²) in [5.41, 5.74) is 2.02. The molecule has 0 bridgehead atoms. The van der Waals surface area contributed by atoms with Crippen LogP contribution in [0.3, 0.4) is 0 Å². The molecule has 3 rings (SSSR count). The van der Waals surface area contributed by atoms with Crippen LogP contribution in [-0.4, -0.2) is 22.3 Å². The molecule has 4 nitrogen and oxygen atoms in total. The van der Waals surface area contributed by atoms with Crippen LogP contribution in [-0.2, 0) is 4.74 Å². The molecule has 2 heterocycles. The third kappa shape index (κ3) is 3.05. The van der Waals surface area contributed by atoms with Gasteiger partial charge in [-0.2, -0.15) is 4.79 Å². The van der Waals surface area contributed by atoms with Gasteiger partial charge in [-0.25, -0.2) is 0 Å². The van der Waals surface area contributed by atoms with Crippen LogP contribution in [0.15, 0.2) is 76.0 Å². The minimum atomic E-state index is -0.300. The highest BCUT2D eigenvalue weighted by atomic mass is 32.2. The molecule has 130 valence electrons. The topological polar surface area (TPSA) is 46.5 Å². The molecule has 1 aromatic carbocycles. The van der Waals surface area contributed by atoms with Gasteiger partial charge in [0.2, 0.25) is 0 Å². The van der Waals surface area contributed by atoms with E-state index in [9.17, 15) is 9.90 Å². The molecule has 2 aliphatic rings. The van der Waals surface area contributed by atoms with Gasteiger partial charge in [0.15, 0.2) is 10.7 Å². The van der Waals surface area contributed by atoms with E-state index < -0.39 is 0 Å². The highest BCUT2D eigenvalue weighted by molar-refractivity contribution is 8.03. The highest BCUT2D eigenvalue weighted by Gasteiger charge is 2.51. The molecule has 0 radical (unpaired) electrons. The molecule has 0 saturated carbocycles. The van der Waals surface area contributed by atoms with Crippen LogP contribution < -0.4 is 0 Å². The Labute approximate surface area is 152 Å². The second-order valence-corrected chi connectivity index (χ2v) is 7.26. The molecule has 0 fully saturated rings. The first kappa shape index (κ1) is 17.6. The number of quaternary nitrogens is 1. The molecule has 0 aromatic heterocycles. The van der Waals surface area contributed by atoms with Gasteiger partial charge in [0.1, 0.15) is 11.9 Å². The van der Waals surface area contributed by atoms with Gasteiger partial charge in [-0.3, -0.25) is 0 Å². The fourth-order valence-electron chi connectivity index (χ4n) is 2.94. The monoisotopic (exact) mass is 356 g/mol. The first-order valence-electron chi connectivity index (χ1n) is 8.35. The van der Waals surface area contributed by atoms with Crippen LogP contribution in [0.4, 0.5) is 4.79 Å². The molecule has 0 aliphatic carbocycles. The van der Waals surface area contributed by atoms with E-state index in [0.29, 0.717) is 6.61 Å². The molecule has 1 N–H and O–H groups in total. The minimum absolute atomic E-state index is 0.0383. The molecule has 5 heteroatoms. The smallest absolute Gasteiger partial charge is 0.508 e. The minimum Gasteiger partial charge on any atom is -0.508 e. The van der Waals surface area contributed by atoms with Crippen LogP contribution in [0.2, 0.25) is 0 Å². The van der Waals surface area contributed by atoms with Gasteiger partial charge >= 0.3 is 6.09 Å². The summed E-state index contributed by atoms with van der Waals surface area (Å²) in [4.78, 5) is 13.9. The highest BCUT2D eigenvalue weighted by Crippen LogP contribution is 2.49. The zero-order valence-corrected chi connectivity index (χ0v) is 15.4. The van der Waals surface area contributed by atoms with Gasteiger partial charge in [0, 0.05) is 22.6 Å². The predicted molar refractivity (Wildman–Crippen MR) is 99.5 cm³/mol. The summed E-state index contributed by atoms with van der Waals surface area (Å²) in [5.74, 6) is 0.492. The number of amides is 1. The molecular formula is C20H22NO3S+. The van der Waals surface area contributed by atoms with Crippen molar-refractivity contribution in [3.63, 3.8) is 0 Å². The number of nitrogens with zero attached hydrogens (tertiary/aromatic N) is 1. The van der Waals surface area contributed by atoms with Crippen LogP contribution in [0.25, 0.3) is 0 Å². The number of aromatic hydroxyl groups is 1. The van der Waals surface area contributed by atoms with Crippen molar-refractivity contribution in [1.82, 2.24) is 0 Å². The van der Waals surface area contributed by atoms with Crippen molar-refractivity contribution in [2.45, 2.75) is 25.7 Å². The van der Waals surface area contributed by atoms with E-state index in [-0.39, 0.29) is 22.2 Å². The van der Waals surface area contributed by atoms with Gasteiger partial charge in [0.05, 0.1) is 6.61 Å². The van der Waals surface area contributed by atoms with Crippen LogP contribution in [0.1, 0.15) is 20.8 Å². The SMILES string of the molecule is CCOC(=O)[N+]12C=CC=CC1=CC(C(C)C)=C2Sc1ccc(O)cc1. The fraction of sp³-hybridized carbons (Fsp3) is 0.250. The number of fused-ring (bicyclic) bond motifs is 1. The average Bonchev–Trinajstić information content (AvgIpc) is 2.93. The lowest BCUT2D eigenvalue weighted by molar-refractivity contribution is -0.710. The van der Waals surface area contributed by atoms with Crippen molar-refractivity contribution in [3.8, 4) is 5.75 Å². The Balaban J connectivity index is 2.11. The lowest BCUT2D eigenvalue weighted by Crippen LogP contribution is -2.44. The summed E-state index contributed by atoms with van der Waals surface area (Å²) in [6, 6.07) is 7.02. The Kier molecular flexibility index (Phi) is 4.88. The van der Waals surface area contributed by atoms with Crippen LogP contribution in [0.5, 0.6) is 5.75 Å². The first-order valence-corrected chi connectivity index (χ1v) is 9.16. The average molecular weight is 356 g/mol. The maximum absolute atomic E-state index is 13.0. The second kappa shape index (κ2) is 6.94. The van der Waals surface area contributed by atoms with Crippen molar-refractivity contribution >= 4 is 17.9 Å². The number of thioether (sulfide) groups is 1. The number of hydrogen-bond acceptors (Lipinski definition) is 4. The summed E-state index contributed by atoms with van der Waals surface area (Å²) in [7, 11) is 0. The first-order chi connectivity index (χ1) is 12.0. The summed E-state index contributed by atoms with van der Waals surface area (Å²) in [6.45, 7) is 6.39. The van der Waals surface area contributed by atoms with Crippen molar-refractivity contribution in [2.24, 2.45) is 5.92 Å². The van der Waals surface area contributed by atoms with Crippen LogP contribution in [0, 0.1) is 5.92 Å².